The van der Waals surface area contributed by atoms with E-state index in [-0.39, 0.29) is 39.9 Å². The number of carboxylic acids is 2. The van der Waals surface area contributed by atoms with Gasteiger partial charge in [0.2, 0.25) is 0 Å². The predicted octanol–water partition coefficient (Wildman–Crippen LogP) is 3.30. The Bertz CT molecular complexity index is 563. The summed E-state index contributed by atoms with van der Waals surface area (Å²) < 4.78 is 0. The number of rotatable bonds is 4. The van der Waals surface area contributed by atoms with Crippen LogP contribution in [0.4, 0.5) is 0 Å². The molecule has 0 amide bonds. The standard InChI is InChI=1S/C17H24O4/c1-13-5-15(3-11(18)19)8-14(2)9-16(6-13,4-12(20)21)17(14,7-13)10-15/h3-10H2,1-2H3,(H,18,19)(H,20,21)/t13-,14+,15-,16+,17?/m0/s1. The molecule has 4 aliphatic carbocycles. The van der Waals surface area contributed by atoms with E-state index in [4.69, 9.17) is 0 Å². The first-order chi connectivity index (χ1) is 9.58. The zero-order valence-electron chi connectivity index (χ0n) is 12.9. The third-order valence-electron chi connectivity index (χ3n) is 7.65. The van der Waals surface area contributed by atoms with E-state index >= 15 is 0 Å². The normalized spacial score (nSPS) is 56.1. The van der Waals surface area contributed by atoms with Crippen molar-refractivity contribution in [3.63, 3.8) is 0 Å². The van der Waals surface area contributed by atoms with Crippen molar-refractivity contribution in [3.05, 3.63) is 0 Å². The smallest absolute Gasteiger partial charge is 0.303 e. The molecule has 0 aromatic carbocycles. The number of carbonyl (C=O) groups is 2. The first-order valence-electron chi connectivity index (χ1n) is 8.01. The highest BCUT2D eigenvalue weighted by Crippen LogP contribution is 2.92. The van der Waals surface area contributed by atoms with Gasteiger partial charge in [-0.2, -0.15) is 0 Å². The van der Waals surface area contributed by atoms with Gasteiger partial charge >= 0.3 is 11.9 Å². The average molecular weight is 292 g/mol. The number of hydrogen-bond donors (Lipinski definition) is 2. The SMILES string of the molecule is C[C@]12CC34C[C@@](CC(=O)O)(C1)C[C@]3(C)C[C@@]4(CC(=O)O)C2. The lowest BCUT2D eigenvalue weighted by Crippen LogP contribution is -2.59. The maximum atomic E-state index is 11.4. The van der Waals surface area contributed by atoms with Crippen molar-refractivity contribution in [1.82, 2.24) is 0 Å². The fraction of sp³-hybridized carbons (Fsp3) is 0.882. The molecular formula is C17H24O4. The molecule has 0 aromatic heterocycles. The third-order valence-corrected chi connectivity index (χ3v) is 7.65. The minimum absolute atomic E-state index is 0.0565. The molecule has 116 valence electrons. The molecule has 0 saturated heterocycles. The molecule has 4 rings (SSSR count). The lowest BCUT2D eigenvalue weighted by molar-refractivity contribution is -0.184. The van der Waals surface area contributed by atoms with Crippen molar-refractivity contribution in [2.75, 3.05) is 0 Å². The van der Waals surface area contributed by atoms with Crippen LogP contribution in [-0.2, 0) is 9.59 Å². The minimum Gasteiger partial charge on any atom is -0.481 e. The van der Waals surface area contributed by atoms with Gasteiger partial charge in [-0.15, -0.1) is 0 Å². The summed E-state index contributed by atoms with van der Waals surface area (Å²) in [6, 6.07) is 0. The van der Waals surface area contributed by atoms with Gasteiger partial charge in [0, 0.05) is 0 Å². The van der Waals surface area contributed by atoms with Gasteiger partial charge in [-0.3, -0.25) is 9.59 Å². The molecule has 1 spiro atoms. The number of aliphatic carboxylic acids is 2. The molecule has 4 nitrogen and oxygen atoms in total. The van der Waals surface area contributed by atoms with Crippen molar-refractivity contribution in [1.29, 1.82) is 0 Å². The topological polar surface area (TPSA) is 74.6 Å². The monoisotopic (exact) mass is 292 g/mol. The Kier molecular flexibility index (Phi) is 2.14. The van der Waals surface area contributed by atoms with Crippen LogP contribution in [0.1, 0.15) is 65.2 Å². The van der Waals surface area contributed by atoms with Gasteiger partial charge in [-0.1, -0.05) is 13.8 Å². The Morgan fingerprint density at radius 3 is 2.14 bits per heavy atom. The molecule has 21 heavy (non-hydrogen) atoms. The van der Waals surface area contributed by atoms with Crippen LogP contribution in [-0.4, -0.2) is 22.2 Å². The van der Waals surface area contributed by atoms with Gasteiger partial charge < -0.3 is 10.2 Å². The molecule has 0 heterocycles. The minimum atomic E-state index is -0.690. The summed E-state index contributed by atoms with van der Waals surface area (Å²) in [7, 11) is 0. The predicted molar refractivity (Wildman–Crippen MR) is 75.7 cm³/mol. The maximum absolute atomic E-state index is 11.4. The van der Waals surface area contributed by atoms with E-state index in [2.05, 4.69) is 13.8 Å². The van der Waals surface area contributed by atoms with Gasteiger partial charge in [0.25, 0.3) is 0 Å². The Labute approximate surface area is 124 Å². The van der Waals surface area contributed by atoms with Gasteiger partial charge in [-0.05, 0) is 65.6 Å². The maximum Gasteiger partial charge on any atom is 0.303 e. The Hall–Kier alpha value is -1.06. The first kappa shape index (κ1) is 13.6. The van der Waals surface area contributed by atoms with E-state index in [1.165, 1.54) is 0 Å². The highest BCUT2D eigenvalue weighted by molar-refractivity contribution is 5.70. The molecule has 1 unspecified atom stereocenters. The van der Waals surface area contributed by atoms with E-state index in [1.807, 2.05) is 0 Å². The van der Waals surface area contributed by atoms with Crippen molar-refractivity contribution < 1.29 is 19.8 Å². The van der Waals surface area contributed by atoms with Crippen molar-refractivity contribution >= 4 is 11.9 Å². The average Bonchev–Trinajstić information content (AvgIpc) is 2.46. The fourth-order valence-electron chi connectivity index (χ4n) is 8.33. The summed E-state index contributed by atoms with van der Waals surface area (Å²) in [5.41, 5.74) is 0.286. The highest BCUT2D eigenvalue weighted by atomic mass is 16.4. The second-order valence-corrected chi connectivity index (χ2v) is 9.44. The van der Waals surface area contributed by atoms with Crippen LogP contribution < -0.4 is 0 Å². The van der Waals surface area contributed by atoms with Crippen LogP contribution >= 0.6 is 0 Å². The van der Waals surface area contributed by atoms with Crippen LogP contribution in [0.2, 0.25) is 0 Å². The molecule has 0 aromatic rings. The quantitative estimate of drug-likeness (QED) is 0.833. The molecule has 4 fully saturated rings. The van der Waals surface area contributed by atoms with Crippen molar-refractivity contribution in [3.8, 4) is 0 Å². The van der Waals surface area contributed by atoms with Crippen molar-refractivity contribution in [2.24, 2.45) is 27.1 Å². The lowest BCUT2D eigenvalue weighted by Gasteiger charge is -2.65. The molecule has 2 N–H and O–H groups in total. The highest BCUT2D eigenvalue weighted by Gasteiger charge is 2.84. The van der Waals surface area contributed by atoms with Crippen LogP contribution in [0, 0.1) is 27.1 Å². The van der Waals surface area contributed by atoms with E-state index in [0.717, 1.165) is 38.5 Å². The largest absolute Gasteiger partial charge is 0.481 e. The van der Waals surface area contributed by atoms with E-state index in [1.54, 1.807) is 0 Å². The van der Waals surface area contributed by atoms with Crippen LogP contribution in [0.25, 0.3) is 0 Å². The molecule has 3 bridgehead atoms. The Balaban J connectivity index is 1.80. The summed E-state index contributed by atoms with van der Waals surface area (Å²) in [5, 5.41) is 18.7. The number of hydrogen-bond acceptors (Lipinski definition) is 2. The van der Waals surface area contributed by atoms with E-state index in [0.29, 0.717) is 0 Å². The third kappa shape index (κ3) is 1.37. The summed E-state index contributed by atoms with van der Waals surface area (Å²) in [4.78, 5) is 22.8. The van der Waals surface area contributed by atoms with E-state index in [9.17, 15) is 19.8 Å². The Morgan fingerprint density at radius 2 is 1.52 bits per heavy atom. The molecule has 4 saturated carbocycles. The van der Waals surface area contributed by atoms with E-state index < -0.39 is 11.9 Å². The zero-order chi connectivity index (χ0) is 15.3. The van der Waals surface area contributed by atoms with Gasteiger partial charge in [0.05, 0.1) is 12.8 Å². The second-order valence-electron chi connectivity index (χ2n) is 9.44. The molecule has 4 aliphatic rings. The van der Waals surface area contributed by atoms with Crippen LogP contribution in [0.3, 0.4) is 0 Å². The number of fused-ring (bicyclic) bond motifs is 2. The van der Waals surface area contributed by atoms with Gasteiger partial charge in [0.15, 0.2) is 0 Å². The van der Waals surface area contributed by atoms with Crippen LogP contribution in [0.5, 0.6) is 0 Å². The molecule has 0 aliphatic heterocycles. The Morgan fingerprint density at radius 1 is 0.857 bits per heavy atom. The molecule has 5 atom stereocenters. The molecule has 0 radical (unpaired) electrons. The van der Waals surface area contributed by atoms with Gasteiger partial charge in [-0.25, -0.2) is 0 Å². The zero-order valence-corrected chi connectivity index (χ0v) is 12.9. The van der Waals surface area contributed by atoms with Crippen molar-refractivity contribution in [2.45, 2.75) is 65.2 Å². The summed E-state index contributed by atoms with van der Waals surface area (Å²) in [6.07, 6.45) is 6.56. The van der Waals surface area contributed by atoms with Crippen LogP contribution in [0.15, 0.2) is 0 Å². The summed E-state index contributed by atoms with van der Waals surface area (Å²) in [6.45, 7) is 4.58. The molecular weight excluding hydrogens is 268 g/mol. The first-order valence-corrected chi connectivity index (χ1v) is 8.01. The van der Waals surface area contributed by atoms with Gasteiger partial charge in [0.1, 0.15) is 0 Å². The molecule has 4 heteroatoms. The fourth-order valence-corrected chi connectivity index (χ4v) is 8.33. The number of carboxylic acid groups (broad SMARTS) is 2. The lowest BCUT2D eigenvalue weighted by atomic mass is 9.38. The summed E-state index contributed by atoms with van der Waals surface area (Å²) >= 11 is 0. The second kappa shape index (κ2) is 3.31. The summed E-state index contributed by atoms with van der Waals surface area (Å²) in [5.74, 6) is -1.37.